The largest absolute Gasteiger partial charge is 0.472 e. The first-order chi connectivity index (χ1) is 18.2. The van der Waals surface area contributed by atoms with Gasteiger partial charge in [-0.25, -0.2) is 4.90 Å². The van der Waals surface area contributed by atoms with Crippen LogP contribution in [0, 0.1) is 0 Å². The zero-order valence-corrected chi connectivity index (χ0v) is 21.0. The number of amides is 2. The average molecular weight is 568 g/mol. The van der Waals surface area contributed by atoms with E-state index in [0.29, 0.717) is 40.6 Å². The van der Waals surface area contributed by atoms with Crippen molar-refractivity contribution in [3.8, 4) is 0 Å². The van der Waals surface area contributed by atoms with Crippen LogP contribution in [0.1, 0.15) is 23.6 Å². The van der Waals surface area contributed by atoms with E-state index in [2.05, 4.69) is 5.10 Å². The van der Waals surface area contributed by atoms with Crippen molar-refractivity contribution >= 4 is 34.8 Å². The molecule has 204 valence electrons. The van der Waals surface area contributed by atoms with Crippen molar-refractivity contribution in [2.45, 2.75) is 24.7 Å². The third-order valence-corrected chi connectivity index (χ3v) is 6.51. The van der Waals surface area contributed by atoms with E-state index >= 15 is 0 Å². The highest BCUT2D eigenvalue weighted by molar-refractivity contribution is 6.30. The summed E-state index contributed by atoms with van der Waals surface area (Å²) >= 11 is 6.01. The quantitative estimate of drug-likeness (QED) is 0.333. The van der Waals surface area contributed by atoms with E-state index in [-0.39, 0.29) is 11.4 Å². The molecular weight excluding hydrogens is 548 g/mol. The summed E-state index contributed by atoms with van der Waals surface area (Å²) in [4.78, 5) is 25.2. The number of hydrogen-bond acceptors (Lipinski definition) is 4. The van der Waals surface area contributed by atoms with Gasteiger partial charge < -0.3 is 0 Å². The fourth-order valence-electron chi connectivity index (χ4n) is 4.36. The lowest BCUT2D eigenvalue weighted by molar-refractivity contribution is -0.171. The normalized spacial score (nSPS) is 17.6. The van der Waals surface area contributed by atoms with E-state index in [4.69, 9.17) is 11.6 Å². The molecule has 1 heterocycles. The minimum Gasteiger partial charge on any atom is -0.286 e. The second-order valence-corrected chi connectivity index (χ2v) is 9.49. The molecule has 0 fully saturated rings. The Labute approximate surface area is 224 Å². The predicted octanol–water partition coefficient (Wildman–Crippen LogP) is 6.46. The van der Waals surface area contributed by atoms with E-state index in [0.717, 1.165) is 5.56 Å². The molecule has 2 amide bonds. The lowest BCUT2D eigenvalue weighted by Gasteiger charge is -2.28. The summed E-state index contributed by atoms with van der Waals surface area (Å²) in [5.41, 5.74) is -0.605. The Morgan fingerprint density at radius 3 is 2.05 bits per heavy atom. The van der Waals surface area contributed by atoms with Crippen LogP contribution in [0.4, 0.5) is 32.0 Å². The van der Waals surface area contributed by atoms with Crippen molar-refractivity contribution in [2.75, 3.05) is 18.0 Å². The summed E-state index contributed by atoms with van der Waals surface area (Å²) in [6.07, 6.45) is -10.2. The Morgan fingerprint density at radius 2 is 1.51 bits per heavy atom. The molecule has 1 unspecified atom stereocenters. The highest BCUT2D eigenvalue weighted by atomic mass is 35.5. The van der Waals surface area contributed by atoms with Crippen LogP contribution in [0.5, 0.6) is 0 Å². The summed E-state index contributed by atoms with van der Waals surface area (Å²) in [5.74, 6) is -3.84. The SMILES string of the molecule is CC1(c2ccccc2)CN(CC(=O)N(C(=O)C(F)(F)F)c2ccc(C(F)(F)F)cc2)N=C1c1ccc(Cl)cc1. The van der Waals surface area contributed by atoms with Crippen LogP contribution >= 0.6 is 11.6 Å². The van der Waals surface area contributed by atoms with Gasteiger partial charge in [0, 0.05) is 5.02 Å². The Bertz CT molecular complexity index is 1390. The number of carbonyl (C=O) groups is 2. The highest BCUT2D eigenvalue weighted by Crippen LogP contribution is 2.36. The maximum Gasteiger partial charge on any atom is 0.472 e. The average Bonchev–Trinajstić information content (AvgIpc) is 3.21. The minimum atomic E-state index is -5.46. The molecule has 0 bridgehead atoms. The molecule has 1 atom stereocenters. The van der Waals surface area contributed by atoms with Gasteiger partial charge in [0.2, 0.25) is 0 Å². The molecule has 0 spiro atoms. The number of benzene rings is 3. The van der Waals surface area contributed by atoms with Crippen molar-refractivity contribution in [2.24, 2.45) is 5.10 Å². The third-order valence-electron chi connectivity index (χ3n) is 6.26. The zero-order valence-electron chi connectivity index (χ0n) is 20.2. The van der Waals surface area contributed by atoms with Gasteiger partial charge in [-0.2, -0.15) is 31.4 Å². The van der Waals surface area contributed by atoms with Crippen LogP contribution in [0.25, 0.3) is 0 Å². The maximum absolute atomic E-state index is 13.4. The molecule has 39 heavy (non-hydrogen) atoms. The van der Waals surface area contributed by atoms with Gasteiger partial charge in [-0.05, 0) is 54.4 Å². The first kappa shape index (κ1) is 28.2. The molecule has 3 aromatic carbocycles. The number of hydrazone groups is 1. The van der Waals surface area contributed by atoms with Gasteiger partial charge in [0.05, 0.1) is 28.9 Å². The molecule has 0 aromatic heterocycles. The Balaban J connectivity index is 1.69. The molecule has 0 saturated carbocycles. The molecule has 12 heteroatoms. The molecule has 4 rings (SSSR count). The van der Waals surface area contributed by atoms with Gasteiger partial charge >= 0.3 is 18.3 Å². The van der Waals surface area contributed by atoms with Crippen molar-refractivity contribution in [3.63, 3.8) is 0 Å². The molecule has 0 aliphatic carbocycles. The van der Waals surface area contributed by atoms with Crippen LogP contribution < -0.4 is 4.90 Å². The van der Waals surface area contributed by atoms with Crippen molar-refractivity contribution in [1.29, 1.82) is 0 Å². The van der Waals surface area contributed by atoms with Gasteiger partial charge in [0.1, 0.15) is 6.54 Å². The monoisotopic (exact) mass is 567 g/mol. The fourth-order valence-corrected chi connectivity index (χ4v) is 4.49. The first-order valence-corrected chi connectivity index (χ1v) is 11.8. The lowest BCUT2D eigenvalue weighted by Crippen LogP contribution is -2.48. The summed E-state index contributed by atoms with van der Waals surface area (Å²) in [6, 6.07) is 18.1. The van der Waals surface area contributed by atoms with E-state index in [9.17, 15) is 35.9 Å². The van der Waals surface area contributed by atoms with Gasteiger partial charge in [-0.15, -0.1) is 0 Å². The fraction of sp³-hybridized carbons (Fsp3) is 0.222. The Kier molecular flexibility index (Phi) is 7.48. The number of rotatable bonds is 5. The Morgan fingerprint density at radius 1 is 0.923 bits per heavy atom. The van der Waals surface area contributed by atoms with Crippen LogP contribution in [-0.4, -0.2) is 41.8 Å². The van der Waals surface area contributed by atoms with E-state index in [1.54, 1.807) is 24.3 Å². The maximum atomic E-state index is 13.4. The summed E-state index contributed by atoms with van der Waals surface area (Å²) in [5, 5.41) is 6.23. The van der Waals surface area contributed by atoms with Crippen molar-refractivity contribution in [1.82, 2.24) is 5.01 Å². The number of halogens is 7. The molecule has 0 radical (unpaired) electrons. The van der Waals surface area contributed by atoms with Crippen molar-refractivity contribution < 1.29 is 35.9 Å². The highest BCUT2D eigenvalue weighted by Gasteiger charge is 2.47. The van der Waals surface area contributed by atoms with Crippen LogP contribution in [0.3, 0.4) is 0 Å². The van der Waals surface area contributed by atoms with Gasteiger partial charge in [0.25, 0.3) is 5.91 Å². The number of imide groups is 1. The number of hydrogen-bond donors (Lipinski definition) is 0. The molecule has 0 saturated heterocycles. The van der Waals surface area contributed by atoms with Gasteiger partial charge in [-0.1, -0.05) is 54.1 Å². The molecule has 1 aliphatic heterocycles. The Hall–Kier alpha value is -3.86. The van der Waals surface area contributed by atoms with Crippen molar-refractivity contribution in [3.05, 3.63) is 101 Å². The van der Waals surface area contributed by atoms with Crippen LogP contribution in [-0.2, 0) is 21.2 Å². The zero-order chi connectivity index (χ0) is 28.6. The molecule has 1 aliphatic rings. The molecule has 3 aromatic rings. The smallest absolute Gasteiger partial charge is 0.286 e. The topological polar surface area (TPSA) is 53.0 Å². The predicted molar refractivity (Wildman–Crippen MR) is 133 cm³/mol. The van der Waals surface area contributed by atoms with E-state index < -0.39 is 47.4 Å². The van der Waals surface area contributed by atoms with Crippen LogP contribution in [0.15, 0.2) is 84.0 Å². The van der Waals surface area contributed by atoms with Gasteiger partial charge in [0.15, 0.2) is 0 Å². The first-order valence-electron chi connectivity index (χ1n) is 11.5. The minimum absolute atomic E-state index is 0.0712. The molecule has 0 N–H and O–H groups in total. The molecular formula is C27H20ClF6N3O2. The van der Waals surface area contributed by atoms with E-state index in [1.165, 1.54) is 5.01 Å². The number of nitrogens with zero attached hydrogens (tertiary/aromatic N) is 3. The third kappa shape index (κ3) is 5.93. The summed E-state index contributed by atoms with van der Waals surface area (Å²) in [7, 11) is 0. The number of alkyl halides is 6. The second-order valence-electron chi connectivity index (χ2n) is 9.05. The number of carbonyl (C=O) groups excluding carboxylic acids is 2. The van der Waals surface area contributed by atoms with Crippen LogP contribution in [0.2, 0.25) is 5.02 Å². The standard InChI is InChI=1S/C27H20ClF6N3O2/c1-25(18-5-3-2-4-6-18)16-36(35-23(25)17-7-11-20(28)12-8-17)15-22(38)37(24(39)27(32,33)34)21-13-9-19(10-14-21)26(29,30)31/h2-14H,15-16H2,1H3. The summed E-state index contributed by atoms with van der Waals surface area (Å²) < 4.78 is 79.1. The summed E-state index contributed by atoms with van der Waals surface area (Å²) in [6.45, 7) is 1.18. The van der Waals surface area contributed by atoms with E-state index in [1.807, 2.05) is 37.3 Å². The number of anilines is 1. The van der Waals surface area contributed by atoms with Gasteiger partial charge in [-0.3, -0.25) is 14.6 Å². The lowest BCUT2D eigenvalue weighted by atomic mass is 9.76. The second kappa shape index (κ2) is 10.4. The molecule has 5 nitrogen and oxygen atoms in total.